The Morgan fingerprint density at radius 2 is 1.28 bits per heavy atom. The normalized spacial score (nSPS) is 11.6. The van der Waals surface area contributed by atoms with Crippen LogP contribution in [-0.4, -0.2) is 11.1 Å². The summed E-state index contributed by atoms with van der Waals surface area (Å²) in [6, 6.07) is 0. The summed E-state index contributed by atoms with van der Waals surface area (Å²) < 4.78 is 0. The minimum Gasteiger partial charge on any atom is -0.481 e. The minimum atomic E-state index is -0.685. The largest absolute Gasteiger partial charge is 0.481 e. The van der Waals surface area contributed by atoms with Gasteiger partial charge in [0.05, 0.1) is 0 Å². The van der Waals surface area contributed by atoms with E-state index in [0.29, 0.717) is 6.42 Å². The molecule has 0 spiro atoms. The van der Waals surface area contributed by atoms with Crippen molar-refractivity contribution in [2.75, 3.05) is 0 Å². The Morgan fingerprint density at radius 3 is 1.72 bits per heavy atom. The Balaban J connectivity index is 3.16. The molecule has 0 bridgehead atoms. The van der Waals surface area contributed by atoms with Gasteiger partial charge >= 0.3 is 5.97 Å². The van der Waals surface area contributed by atoms with Gasteiger partial charge in [0, 0.05) is 6.42 Å². The fraction of sp³-hybridized carbons (Fsp3) is 0.688. The number of carbonyl (C=O) groups is 1. The molecule has 0 saturated carbocycles. The predicted octanol–water partition coefficient (Wildman–Crippen LogP) is 5.10. The van der Waals surface area contributed by atoms with Crippen molar-refractivity contribution in [1.29, 1.82) is 0 Å². The molecule has 0 amide bonds. The standard InChI is InChI=1S/C16H28O2/c1-2-3-4-5-6-7-8-9-10-11-12-13-14-15-16(17)18/h4-5,10-11H,2-3,6-9,12-15H2,1H3,(H,17,18)/b5-4-,11-10+. The maximum atomic E-state index is 10.3. The van der Waals surface area contributed by atoms with Gasteiger partial charge in [0.15, 0.2) is 0 Å². The van der Waals surface area contributed by atoms with E-state index in [9.17, 15) is 4.79 Å². The van der Waals surface area contributed by atoms with Crippen LogP contribution in [0.2, 0.25) is 0 Å². The van der Waals surface area contributed by atoms with Gasteiger partial charge in [-0.15, -0.1) is 0 Å². The lowest BCUT2D eigenvalue weighted by Crippen LogP contribution is -1.92. The van der Waals surface area contributed by atoms with E-state index in [2.05, 4.69) is 31.2 Å². The molecule has 0 aromatic carbocycles. The summed E-state index contributed by atoms with van der Waals surface area (Å²) in [5.74, 6) is -0.685. The van der Waals surface area contributed by atoms with E-state index < -0.39 is 5.97 Å². The van der Waals surface area contributed by atoms with Crippen LogP contribution in [0.3, 0.4) is 0 Å². The van der Waals surface area contributed by atoms with Crippen LogP contribution in [0.15, 0.2) is 24.3 Å². The first-order valence-corrected chi connectivity index (χ1v) is 7.29. The van der Waals surface area contributed by atoms with Crippen LogP contribution in [0.1, 0.15) is 71.1 Å². The van der Waals surface area contributed by atoms with E-state index in [-0.39, 0.29) is 0 Å². The molecule has 0 radical (unpaired) electrons. The lowest BCUT2D eigenvalue weighted by atomic mass is 10.1. The zero-order valence-corrected chi connectivity index (χ0v) is 11.7. The van der Waals surface area contributed by atoms with Crippen molar-refractivity contribution < 1.29 is 9.90 Å². The summed E-state index contributed by atoms with van der Waals surface area (Å²) >= 11 is 0. The number of carboxylic acid groups (broad SMARTS) is 1. The van der Waals surface area contributed by atoms with Gasteiger partial charge in [0.2, 0.25) is 0 Å². The topological polar surface area (TPSA) is 37.3 Å². The number of aliphatic carboxylic acids is 1. The van der Waals surface area contributed by atoms with Crippen molar-refractivity contribution in [1.82, 2.24) is 0 Å². The van der Waals surface area contributed by atoms with Crippen LogP contribution in [0.25, 0.3) is 0 Å². The molecule has 0 saturated heterocycles. The van der Waals surface area contributed by atoms with E-state index in [1.807, 2.05) is 0 Å². The summed E-state index contributed by atoms with van der Waals surface area (Å²) in [6.07, 6.45) is 19.4. The Labute approximate surface area is 112 Å². The Bertz CT molecular complexity index is 241. The van der Waals surface area contributed by atoms with Crippen LogP contribution in [-0.2, 0) is 4.79 Å². The molecule has 18 heavy (non-hydrogen) atoms. The second-order valence-electron chi connectivity index (χ2n) is 4.66. The second kappa shape index (κ2) is 14.0. The summed E-state index contributed by atoms with van der Waals surface area (Å²) in [4.78, 5) is 10.3. The van der Waals surface area contributed by atoms with Gasteiger partial charge in [-0.05, 0) is 51.4 Å². The van der Waals surface area contributed by atoms with Crippen LogP contribution in [0.5, 0.6) is 0 Å². The van der Waals surface area contributed by atoms with Crippen molar-refractivity contribution in [3.05, 3.63) is 24.3 Å². The fourth-order valence-corrected chi connectivity index (χ4v) is 1.70. The van der Waals surface area contributed by atoms with Gasteiger partial charge in [0.1, 0.15) is 0 Å². The van der Waals surface area contributed by atoms with Crippen LogP contribution < -0.4 is 0 Å². The van der Waals surface area contributed by atoms with Crippen LogP contribution in [0.4, 0.5) is 0 Å². The maximum Gasteiger partial charge on any atom is 0.303 e. The van der Waals surface area contributed by atoms with Gasteiger partial charge in [-0.2, -0.15) is 0 Å². The van der Waals surface area contributed by atoms with Crippen molar-refractivity contribution in [3.63, 3.8) is 0 Å². The molecule has 0 aliphatic heterocycles. The minimum absolute atomic E-state index is 0.304. The van der Waals surface area contributed by atoms with Crippen molar-refractivity contribution in [2.45, 2.75) is 71.1 Å². The monoisotopic (exact) mass is 252 g/mol. The lowest BCUT2D eigenvalue weighted by molar-refractivity contribution is -0.137. The highest BCUT2D eigenvalue weighted by atomic mass is 16.4. The molecule has 0 rings (SSSR count). The molecule has 0 aliphatic carbocycles. The SMILES string of the molecule is CCC/C=C\CCCC/C=C/CCCCC(=O)O. The molecule has 0 heterocycles. The Kier molecular flexibility index (Phi) is 13.2. The van der Waals surface area contributed by atoms with E-state index in [4.69, 9.17) is 5.11 Å². The number of carboxylic acids is 1. The highest BCUT2D eigenvalue weighted by Crippen LogP contribution is 2.05. The number of hydrogen-bond acceptors (Lipinski definition) is 1. The second-order valence-corrected chi connectivity index (χ2v) is 4.66. The fourth-order valence-electron chi connectivity index (χ4n) is 1.70. The molecule has 0 aliphatic rings. The zero-order chi connectivity index (χ0) is 13.5. The average Bonchev–Trinajstić information content (AvgIpc) is 2.34. The highest BCUT2D eigenvalue weighted by molar-refractivity contribution is 5.66. The molecule has 0 aromatic rings. The van der Waals surface area contributed by atoms with E-state index in [1.165, 1.54) is 32.1 Å². The average molecular weight is 252 g/mol. The van der Waals surface area contributed by atoms with E-state index in [1.54, 1.807) is 0 Å². The quantitative estimate of drug-likeness (QED) is 0.387. The molecule has 0 atom stereocenters. The summed E-state index contributed by atoms with van der Waals surface area (Å²) in [5, 5.41) is 8.47. The van der Waals surface area contributed by atoms with Gasteiger partial charge in [0.25, 0.3) is 0 Å². The van der Waals surface area contributed by atoms with Gasteiger partial charge in [-0.3, -0.25) is 4.79 Å². The third-order valence-corrected chi connectivity index (χ3v) is 2.79. The third-order valence-electron chi connectivity index (χ3n) is 2.79. The molecular formula is C16H28O2. The van der Waals surface area contributed by atoms with Crippen LogP contribution >= 0.6 is 0 Å². The van der Waals surface area contributed by atoms with Crippen molar-refractivity contribution in [3.8, 4) is 0 Å². The summed E-state index contributed by atoms with van der Waals surface area (Å²) in [5.41, 5.74) is 0. The number of hydrogen-bond donors (Lipinski definition) is 1. The first-order chi connectivity index (χ1) is 8.77. The van der Waals surface area contributed by atoms with Crippen molar-refractivity contribution >= 4 is 5.97 Å². The predicted molar refractivity (Wildman–Crippen MR) is 77.8 cm³/mol. The van der Waals surface area contributed by atoms with Gasteiger partial charge in [-0.1, -0.05) is 37.6 Å². The van der Waals surface area contributed by atoms with Gasteiger partial charge < -0.3 is 5.11 Å². The van der Waals surface area contributed by atoms with Gasteiger partial charge in [-0.25, -0.2) is 0 Å². The number of rotatable bonds is 12. The first kappa shape index (κ1) is 16.9. The first-order valence-electron chi connectivity index (χ1n) is 7.29. The highest BCUT2D eigenvalue weighted by Gasteiger charge is 1.94. The lowest BCUT2D eigenvalue weighted by Gasteiger charge is -1.95. The molecule has 0 fully saturated rings. The Morgan fingerprint density at radius 1 is 0.833 bits per heavy atom. The zero-order valence-electron chi connectivity index (χ0n) is 11.7. The van der Waals surface area contributed by atoms with E-state index >= 15 is 0 Å². The molecule has 2 nitrogen and oxygen atoms in total. The maximum absolute atomic E-state index is 10.3. The number of unbranched alkanes of at least 4 members (excludes halogenated alkanes) is 6. The van der Waals surface area contributed by atoms with E-state index in [0.717, 1.165) is 25.7 Å². The molecule has 104 valence electrons. The smallest absolute Gasteiger partial charge is 0.303 e. The molecular weight excluding hydrogens is 224 g/mol. The number of allylic oxidation sites excluding steroid dienone is 4. The molecule has 1 N–H and O–H groups in total. The summed E-state index contributed by atoms with van der Waals surface area (Å²) in [7, 11) is 0. The van der Waals surface area contributed by atoms with Crippen LogP contribution in [0, 0.1) is 0 Å². The molecule has 2 heteroatoms. The Hall–Kier alpha value is -1.05. The third kappa shape index (κ3) is 14.9. The van der Waals surface area contributed by atoms with Crippen molar-refractivity contribution in [2.24, 2.45) is 0 Å². The molecule has 0 aromatic heterocycles. The molecule has 0 unspecified atom stereocenters. The summed E-state index contributed by atoms with van der Waals surface area (Å²) in [6.45, 7) is 2.20.